The number of nitrogens with two attached hydrogens (primary N) is 1. The van der Waals surface area contributed by atoms with Gasteiger partial charge in [0.2, 0.25) is 5.78 Å². The van der Waals surface area contributed by atoms with E-state index in [1.165, 1.54) is 11.3 Å². The number of aromatic amines is 1. The number of thiazole rings is 1. The molecule has 0 aliphatic carbocycles. The van der Waals surface area contributed by atoms with Gasteiger partial charge in [0.05, 0.1) is 7.11 Å². The highest BCUT2D eigenvalue weighted by Gasteiger charge is 2.21. The number of nitrogens with one attached hydrogen (secondary N) is 2. The zero-order valence-corrected chi connectivity index (χ0v) is 15.7. The fraction of sp³-hybridized carbons (Fsp3) is 0.100. The molecule has 0 saturated heterocycles. The number of benzene rings is 2. The lowest BCUT2D eigenvalue weighted by molar-refractivity contribution is 0.104. The number of ketones is 1. The number of ether oxygens (including phenoxy) is 1. The molecule has 0 aliphatic rings. The van der Waals surface area contributed by atoms with E-state index in [1.54, 1.807) is 13.3 Å². The molecule has 2 heterocycles. The van der Waals surface area contributed by atoms with Gasteiger partial charge in [-0.25, -0.2) is 4.98 Å². The van der Waals surface area contributed by atoms with E-state index in [9.17, 15) is 4.79 Å². The van der Waals surface area contributed by atoms with Crippen molar-refractivity contribution in [2.45, 2.75) is 6.92 Å². The molecular formula is C20H18N4O2S. The van der Waals surface area contributed by atoms with Crippen LogP contribution in [-0.4, -0.2) is 22.9 Å². The molecule has 0 bridgehead atoms. The summed E-state index contributed by atoms with van der Waals surface area (Å²) in [5.74, 6) is 0.746. The number of hydrogen-bond acceptors (Lipinski definition) is 6. The van der Waals surface area contributed by atoms with Crippen LogP contribution in [-0.2, 0) is 0 Å². The number of nitrogens with zero attached hydrogens (tertiary/aromatic N) is 1. The maximum absolute atomic E-state index is 13.1. The third kappa shape index (κ3) is 3.13. The molecule has 27 heavy (non-hydrogen) atoms. The minimum atomic E-state index is -0.165. The second-order valence-corrected chi connectivity index (χ2v) is 7.12. The first-order valence-electron chi connectivity index (χ1n) is 8.35. The van der Waals surface area contributed by atoms with Crippen molar-refractivity contribution in [1.82, 2.24) is 9.97 Å². The summed E-state index contributed by atoms with van der Waals surface area (Å²) >= 11 is 1.25. The van der Waals surface area contributed by atoms with E-state index in [2.05, 4.69) is 15.3 Å². The number of aromatic nitrogens is 2. The SMILES string of the molecule is COc1ccc2[nH]cc(C(=O)c3sc(Nc4ccccc4C)nc3N)c2c1. The molecule has 2 aromatic heterocycles. The number of carbonyl (C=O) groups excluding carboxylic acids is 1. The molecule has 2 aromatic carbocycles. The number of H-pyrrole nitrogens is 1. The molecule has 0 saturated carbocycles. The molecule has 4 aromatic rings. The van der Waals surface area contributed by atoms with Crippen molar-refractivity contribution >= 4 is 44.7 Å². The van der Waals surface area contributed by atoms with E-state index in [0.29, 0.717) is 21.3 Å². The minimum Gasteiger partial charge on any atom is -0.497 e. The Labute approximate surface area is 160 Å². The summed E-state index contributed by atoms with van der Waals surface area (Å²) in [6, 6.07) is 13.4. The fourth-order valence-corrected chi connectivity index (χ4v) is 3.76. The van der Waals surface area contributed by atoms with Gasteiger partial charge in [-0.05, 0) is 36.8 Å². The number of aryl methyl sites for hydroxylation is 1. The molecule has 0 radical (unpaired) electrons. The van der Waals surface area contributed by atoms with Crippen LogP contribution in [0.15, 0.2) is 48.7 Å². The minimum absolute atomic E-state index is 0.165. The lowest BCUT2D eigenvalue weighted by Crippen LogP contribution is -2.01. The van der Waals surface area contributed by atoms with E-state index in [0.717, 1.165) is 22.2 Å². The first kappa shape index (κ1) is 17.1. The molecule has 6 nitrogen and oxygen atoms in total. The average Bonchev–Trinajstić information content (AvgIpc) is 3.25. The molecule has 0 spiro atoms. The first-order valence-corrected chi connectivity index (χ1v) is 9.17. The highest BCUT2D eigenvalue weighted by molar-refractivity contribution is 7.18. The molecule has 0 aliphatic heterocycles. The standard InChI is InChI=1S/C20H18N4O2S/c1-11-5-3-4-6-15(11)23-20-24-19(21)18(27-20)17(25)14-10-22-16-8-7-12(26-2)9-13(14)16/h3-10,22H,21H2,1-2H3,(H,23,24). The van der Waals surface area contributed by atoms with Crippen molar-refractivity contribution in [3.63, 3.8) is 0 Å². The van der Waals surface area contributed by atoms with Crippen molar-refractivity contribution in [2.24, 2.45) is 0 Å². The van der Waals surface area contributed by atoms with E-state index in [4.69, 9.17) is 10.5 Å². The second kappa shape index (κ2) is 6.77. The van der Waals surface area contributed by atoms with Crippen LogP contribution in [0.4, 0.5) is 16.6 Å². The van der Waals surface area contributed by atoms with Gasteiger partial charge < -0.3 is 20.8 Å². The second-order valence-electron chi connectivity index (χ2n) is 6.12. The van der Waals surface area contributed by atoms with Crippen LogP contribution >= 0.6 is 11.3 Å². The normalized spacial score (nSPS) is 10.9. The Hall–Kier alpha value is -3.32. The topological polar surface area (TPSA) is 93.0 Å². The summed E-state index contributed by atoms with van der Waals surface area (Å²) in [7, 11) is 1.60. The van der Waals surface area contributed by atoms with Crippen molar-refractivity contribution in [3.8, 4) is 5.75 Å². The van der Waals surface area contributed by atoms with Gasteiger partial charge in [-0.1, -0.05) is 29.5 Å². The molecule has 136 valence electrons. The highest BCUT2D eigenvalue weighted by atomic mass is 32.1. The summed E-state index contributed by atoms with van der Waals surface area (Å²) < 4.78 is 5.27. The van der Waals surface area contributed by atoms with Crippen LogP contribution in [0, 0.1) is 6.92 Å². The van der Waals surface area contributed by atoms with Crippen LogP contribution in [0.1, 0.15) is 20.8 Å². The maximum Gasteiger partial charge on any atom is 0.208 e. The van der Waals surface area contributed by atoms with E-state index >= 15 is 0 Å². The van der Waals surface area contributed by atoms with Crippen LogP contribution in [0.2, 0.25) is 0 Å². The van der Waals surface area contributed by atoms with Crippen molar-refractivity contribution < 1.29 is 9.53 Å². The predicted molar refractivity (Wildman–Crippen MR) is 109 cm³/mol. The highest BCUT2D eigenvalue weighted by Crippen LogP contribution is 2.33. The number of methoxy groups -OCH3 is 1. The molecule has 4 rings (SSSR count). The lowest BCUT2D eigenvalue weighted by Gasteiger charge is -2.05. The smallest absolute Gasteiger partial charge is 0.208 e. The molecule has 0 amide bonds. The van der Waals surface area contributed by atoms with Crippen molar-refractivity contribution in [3.05, 3.63) is 64.7 Å². The molecule has 0 fully saturated rings. The number of hydrogen-bond donors (Lipinski definition) is 3. The third-order valence-corrected chi connectivity index (χ3v) is 5.37. The zero-order valence-electron chi connectivity index (χ0n) is 14.9. The summed E-state index contributed by atoms with van der Waals surface area (Å²) in [6.07, 6.45) is 1.69. The summed E-state index contributed by atoms with van der Waals surface area (Å²) in [5.41, 5.74) is 9.47. The molecule has 0 unspecified atom stereocenters. The lowest BCUT2D eigenvalue weighted by atomic mass is 10.1. The van der Waals surface area contributed by atoms with E-state index in [-0.39, 0.29) is 11.6 Å². The Morgan fingerprint density at radius 3 is 2.85 bits per heavy atom. The number of rotatable bonds is 5. The first-order chi connectivity index (χ1) is 13.1. The van der Waals surface area contributed by atoms with E-state index < -0.39 is 0 Å². The van der Waals surface area contributed by atoms with Gasteiger partial charge in [-0.3, -0.25) is 4.79 Å². The van der Waals surface area contributed by atoms with Gasteiger partial charge in [0.1, 0.15) is 16.4 Å². The van der Waals surface area contributed by atoms with E-state index in [1.807, 2.05) is 49.4 Å². The van der Waals surface area contributed by atoms with Crippen LogP contribution < -0.4 is 15.8 Å². The number of nitrogen functional groups attached to an aromatic ring is 1. The zero-order chi connectivity index (χ0) is 19.0. The predicted octanol–water partition coefficient (Wildman–Crippen LogP) is 4.50. The van der Waals surface area contributed by atoms with Crippen LogP contribution in [0.5, 0.6) is 5.75 Å². The molecule has 7 heteroatoms. The summed E-state index contributed by atoms with van der Waals surface area (Å²) in [5, 5.41) is 4.61. The van der Waals surface area contributed by atoms with Crippen molar-refractivity contribution in [1.29, 1.82) is 0 Å². The average molecular weight is 378 g/mol. The van der Waals surface area contributed by atoms with Gasteiger partial charge >= 0.3 is 0 Å². The Bertz CT molecular complexity index is 1150. The quantitative estimate of drug-likeness (QED) is 0.445. The Morgan fingerprint density at radius 1 is 1.26 bits per heavy atom. The number of carbonyl (C=O) groups is 1. The Kier molecular flexibility index (Phi) is 4.29. The molecule has 4 N–H and O–H groups in total. The summed E-state index contributed by atoms with van der Waals surface area (Å²) in [4.78, 5) is 20.9. The van der Waals surface area contributed by atoms with Crippen molar-refractivity contribution in [2.75, 3.05) is 18.2 Å². The van der Waals surface area contributed by atoms with Gasteiger partial charge in [-0.2, -0.15) is 0 Å². The third-order valence-electron chi connectivity index (χ3n) is 4.38. The van der Waals surface area contributed by atoms with Gasteiger partial charge in [-0.15, -0.1) is 0 Å². The summed E-state index contributed by atoms with van der Waals surface area (Å²) in [6.45, 7) is 2.00. The largest absolute Gasteiger partial charge is 0.497 e. The molecular weight excluding hydrogens is 360 g/mol. The van der Waals surface area contributed by atoms with Gasteiger partial charge in [0, 0.05) is 28.4 Å². The Morgan fingerprint density at radius 2 is 2.07 bits per heavy atom. The van der Waals surface area contributed by atoms with Gasteiger partial charge in [0.25, 0.3) is 0 Å². The van der Waals surface area contributed by atoms with Crippen LogP contribution in [0.25, 0.3) is 10.9 Å². The Balaban J connectivity index is 1.69. The maximum atomic E-state index is 13.1. The fourth-order valence-electron chi connectivity index (χ4n) is 2.91. The number of para-hydroxylation sites is 1. The van der Waals surface area contributed by atoms with Gasteiger partial charge in [0.15, 0.2) is 5.13 Å². The number of anilines is 3. The monoisotopic (exact) mass is 378 g/mol. The molecule has 0 atom stereocenters. The number of fused-ring (bicyclic) bond motifs is 1. The van der Waals surface area contributed by atoms with Crippen LogP contribution in [0.3, 0.4) is 0 Å².